The van der Waals surface area contributed by atoms with Gasteiger partial charge in [-0.05, 0) is 53.8 Å². The molecule has 0 aliphatic rings. The summed E-state index contributed by atoms with van der Waals surface area (Å²) in [4.78, 5) is 37.7. The van der Waals surface area contributed by atoms with Crippen molar-refractivity contribution in [1.29, 1.82) is 0 Å². The van der Waals surface area contributed by atoms with E-state index >= 15 is 0 Å². The van der Waals surface area contributed by atoms with Crippen LogP contribution in [0, 0.1) is 19.8 Å². The fourth-order valence-corrected chi connectivity index (χ4v) is 3.71. The van der Waals surface area contributed by atoms with E-state index < -0.39 is 23.9 Å². The number of aliphatic carboxylic acids is 1. The van der Waals surface area contributed by atoms with E-state index in [9.17, 15) is 19.5 Å². The van der Waals surface area contributed by atoms with Crippen LogP contribution in [0.1, 0.15) is 41.8 Å². The van der Waals surface area contributed by atoms with E-state index in [2.05, 4.69) is 16.0 Å². The van der Waals surface area contributed by atoms with Crippen LogP contribution in [-0.4, -0.2) is 29.1 Å². The molecule has 2 atom stereocenters. The van der Waals surface area contributed by atoms with Gasteiger partial charge in [-0.15, -0.1) is 0 Å². The maximum atomic E-state index is 13.1. The third-order valence-electron chi connectivity index (χ3n) is 5.86. The molecule has 0 saturated carbocycles. The number of carbonyl (C=O) groups excluding carboxylic acids is 2. The molecule has 0 bridgehead atoms. The molecule has 3 aromatic rings. The van der Waals surface area contributed by atoms with Crippen LogP contribution in [0.2, 0.25) is 0 Å². The number of para-hydroxylation sites is 1. The van der Waals surface area contributed by atoms with Crippen molar-refractivity contribution in [2.75, 3.05) is 10.6 Å². The van der Waals surface area contributed by atoms with Crippen molar-refractivity contribution in [2.45, 2.75) is 40.2 Å². The van der Waals surface area contributed by atoms with E-state index in [4.69, 9.17) is 0 Å². The molecular formula is C26H29N3O4. The molecule has 0 saturated heterocycles. The molecule has 0 aromatic heterocycles. The molecule has 33 heavy (non-hydrogen) atoms. The Labute approximate surface area is 193 Å². The number of fused-ring (bicyclic) bond motifs is 1. The number of carboxylic acid groups (broad SMARTS) is 1. The molecule has 3 amide bonds. The number of carbonyl (C=O) groups is 3. The van der Waals surface area contributed by atoms with Crippen molar-refractivity contribution >= 4 is 40.1 Å². The van der Waals surface area contributed by atoms with Gasteiger partial charge in [0.2, 0.25) is 0 Å². The quantitative estimate of drug-likeness (QED) is 0.393. The average Bonchev–Trinajstić information content (AvgIpc) is 2.78. The number of aryl methyl sites for hydroxylation is 2. The summed E-state index contributed by atoms with van der Waals surface area (Å²) in [5, 5.41) is 19.5. The predicted molar refractivity (Wildman–Crippen MR) is 131 cm³/mol. The smallest absolute Gasteiger partial charge is 0.326 e. The molecule has 0 radical (unpaired) electrons. The first-order valence-corrected chi connectivity index (χ1v) is 10.9. The molecule has 172 valence electrons. The number of hydrogen-bond acceptors (Lipinski definition) is 3. The van der Waals surface area contributed by atoms with Gasteiger partial charge < -0.3 is 21.1 Å². The van der Waals surface area contributed by atoms with Crippen LogP contribution in [-0.2, 0) is 4.79 Å². The zero-order valence-corrected chi connectivity index (χ0v) is 19.2. The number of nitrogens with one attached hydrogen (secondary N) is 3. The fraction of sp³-hybridized carbons (Fsp3) is 0.269. The van der Waals surface area contributed by atoms with E-state index in [-0.39, 0.29) is 11.5 Å². The average molecular weight is 448 g/mol. The molecule has 0 spiro atoms. The Bertz CT molecular complexity index is 1190. The Balaban J connectivity index is 1.95. The molecule has 0 heterocycles. The molecule has 7 nitrogen and oxygen atoms in total. The third kappa shape index (κ3) is 5.49. The summed E-state index contributed by atoms with van der Waals surface area (Å²) in [6.07, 6.45) is 0.595. The Hall–Kier alpha value is -3.87. The topological polar surface area (TPSA) is 108 Å². The summed E-state index contributed by atoms with van der Waals surface area (Å²) in [5.41, 5.74) is 3.02. The highest BCUT2D eigenvalue weighted by molar-refractivity contribution is 6.10. The van der Waals surface area contributed by atoms with Crippen LogP contribution < -0.4 is 16.0 Å². The van der Waals surface area contributed by atoms with E-state index in [0.717, 1.165) is 21.9 Å². The Kier molecular flexibility index (Phi) is 7.33. The summed E-state index contributed by atoms with van der Waals surface area (Å²) in [6.45, 7) is 7.45. The first-order chi connectivity index (χ1) is 15.7. The van der Waals surface area contributed by atoms with Crippen LogP contribution in [0.3, 0.4) is 0 Å². The van der Waals surface area contributed by atoms with E-state index in [0.29, 0.717) is 17.8 Å². The molecule has 0 aliphatic heterocycles. The number of carboxylic acids is 1. The van der Waals surface area contributed by atoms with Crippen LogP contribution in [0.25, 0.3) is 10.8 Å². The monoisotopic (exact) mass is 447 g/mol. The van der Waals surface area contributed by atoms with Gasteiger partial charge >= 0.3 is 12.0 Å². The van der Waals surface area contributed by atoms with Crippen molar-refractivity contribution in [3.8, 4) is 0 Å². The number of urea groups is 1. The molecule has 0 fully saturated rings. The van der Waals surface area contributed by atoms with Crippen molar-refractivity contribution in [1.82, 2.24) is 5.32 Å². The normalized spacial score (nSPS) is 12.6. The lowest BCUT2D eigenvalue weighted by atomic mass is 9.98. The SMILES string of the molecule is CC[C@H](C)[C@H](NC(=O)c1cc2ccccc2cc1NC(=O)Nc1c(C)cccc1C)C(=O)O. The van der Waals surface area contributed by atoms with E-state index in [1.165, 1.54) is 0 Å². The first-order valence-electron chi connectivity index (χ1n) is 10.9. The number of rotatable bonds is 7. The summed E-state index contributed by atoms with van der Waals surface area (Å²) in [5.74, 6) is -1.91. The van der Waals surface area contributed by atoms with Crippen molar-refractivity contribution in [3.63, 3.8) is 0 Å². The summed E-state index contributed by atoms with van der Waals surface area (Å²) >= 11 is 0. The van der Waals surface area contributed by atoms with Gasteiger partial charge in [0.25, 0.3) is 5.91 Å². The van der Waals surface area contributed by atoms with Gasteiger partial charge in [-0.3, -0.25) is 4.79 Å². The lowest BCUT2D eigenvalue weighted by molar-refractivity contribution is -0.140. The molecule has 4 N–H and O–H groups in total. The Morgan fingerprint density at radius 2 is 1.52 bits per heavy atom. The summed E-state index contributed by atoms with van der Waals surface area (Å²) < 4.78 is 0. The van der Waals surface area contributed by atoms with Gasteiger partial charge in [-0.2, -0.15) is 0 Å². The largest absolute Gasteiger partial charge is 0.480 e. The van der Waals surface area contributed by atoms with E-state index in [1.807, 2.05) is 63.2 Å². The number of amides is 3. The lowest BCUT2D eigenvalue weighted by Gasteiger charge is -2.21. The third-order valence-corrected chi connectivity index (χ3v) is 5.86. The molecular weight excluding hydrogens is 418 g/mol. The number of benzene rings is 3. The maximum Gasteiger partial charge on any atom is 0.326 e. The standard InChI is InChI=1S/C26H29N3O4/c1-5-15(2)23(25(31)32)28-24(30)20-13-18-11-6-7-12-19(18)14-21(20)27-26(33)29-22-16(3)9-8-10-17(22)4/h6-15,23H,5H2,1-4H3,(H,28,30)(H,31,32)(H2,27,29,33)/t15-,23-/m0/s1. The van der Waals surface area contributed by atoms with Gasteiger partial charge in [-0.25, -0.2) is 9.59 Å². The summed E-state index contributed by atoms with van der Waals surface area (Å²) in [6, 6.07) is 15.0. The first kappa shape index (κ1) is 23.8. The number of hydrogen-bond donors (Lipinski definition) is 4. The molecule has 0 unspecified atom stereocenters. The minimum Gasteiger partial charge on any atom is -0.480 e. The lowest BCUT2D eigenvalue weighted by Crippen LogP contribution is -2.45. The minimum absolute atomic E-state index is 0.194. The van der Waals surface area contributed by atoms with Crippen LogP contribution in [0.15, 0.2) is 54.6 Å². The second kappa shape index (κ2) is 10.2. The van der Waals surface area contributed by atoms with Crippen LogP contribution in [0.5, 0.6) is 0 Å². The molecule has 7 heteroatoms. The van der Waals surface area contributed by atoms with Gasteiger partial charge in [0.1, 0.15) is 6.04 Å². The van der Waals surface area contributed by atoms with E-state index in [1.54, 1.807) is 19.1 Å². The Morgan fingerprint density at radius 3 is 2.09 bits per heavy atom. The zero-order valence-electron chi connectivity index (χ0n) is 19.2. The van der Waals surface area contributed by atoms with Crippen LogP contribution in [0.4, 0.5) is 16.2 Å². The summed E-state index contributed by atoms with van der Waals surface area (Å²) in [7, 11) is 0. The van der Waals surface area contributed by atoms with Crippen LogP contribution >= 0.6 is 0 Å². The zero-order chi connectivity index (χ0) is 24.1. The second-order valence-corrected chi connectivity index (χ2v) is 8.27. The van der Waals surface area contributed by atoms with Crippen molar-refractivity contribution in [3.05, 3.63) is 71.3 Å². The fourth-order valence-electron chi connectivity index (χ4n) is 3.71. The maximum absolute atomic E-state index is 13.1. The van der Waals surface area contributed by atoms with Crippen molar-refractivity contribution < 1.29 is 19.5 Å². The number of anilines is 2. The predicted octanol–water partition coefficient (Wildman–Crippen LogP) is 5.33. The van der Waals surface area contributed by atoms with Gasteiger partial charge in [0, 0.05) is 5.69 Å². The molecule has 3 rings (SSSR count). The highest BCUT2D eigenvalue weighted by Gasteiger charge is 2.27. The molecule has 3 aromatic carbocycles. The highest BCUT2D eigenvalue weighted by Crippen LogP contribution is 2.26. The Morgan fingerprint density at radius 1 is 0.909 bits per heavy atom. The minimum atomic E-state index is -1.10. The van der Waals surface area contributed by atoms with Gasteiger partial charge in [0.15, 0.2) is 0 Å². The second-order valence-electron chi connectivity index (χ2n) is 8.27. The van der Waals surface area contributed by atoms with Gasteiger partial charge in [-0.1, -0.05) is 62.7 Å². The molecule has 0 aliphatic carbocycles. The van der Waals surface area contributed by atoms with Gasteiger partial charge in [0.05, 0.1) is 11.3 Å². The highest BCUT2D eigenvalue weighted by atomic mass is 16.4. The van der Waals surface area contributed by atoms with Crippen molar-refractivity contribution in [2.24, 2.45) is 5.92 Å².